The first kappa shape index (κ1) is 27.2. The fourth-order valence-electron chi connectivity index (χ4n) is 4.43. The number of aromatic amines is 1. The number of aromatic nitrogens is 2. The van der Waals surface area contributed by atoms with Crippen LogP contribution in [0.25, 0.3) is 0 Å². The zero-order valence-electron chi connectivity index (χ0n) is 20.6. The molecule has 0 saturated carbocycles. The Morgan fingerprint density at radius 2 is 1.47 bits per heavy atom. The second-order valence-electron chi connectivity index (χ2n) is 9.70. The Morgan fingerprint density at radius 3 is 1.84 bits per heavy atom. The van der Waals surface area contributed by atoms with Crippen LogP contribution in [0.15, 0.2) is 21.9 Å². The lowest BCUT2D eigenvalue weighted by Crippen LogP contribution is -2.64. The predicted molar refractivity (Wildman–Crippen MR) is 127 cm³/mol. The van der Waals surface area contributed by atoms with Crippen molar-refractivity contribution in [1.82, 2.24) is 9.55 Å². The van der Waals surface area contributed by atoms with Gasteiger partial charge < -0.3 is 22.8 Å². The molecule has 1 aliphatic rings. The summed E-state index contributed by atoms with van der Waals surface area (Å²) in [5.74, 6) is 0. The van der Waals surface area contributed by atoms with Crippen LogP contribution in [0.3, 0.4) is 0 Å². The first-order valence-corrected chi connectivity index (χ1v) is 15.4. The van der Waals surface area contributed by atoms with E-state index in [0.717, 1.165) is 0 Å². The molecule has 1 atom stereocenters. The molecule has 1 aliphatic heterocycles. The Kier molecular flexibility index (Phi) is 9.25. The molecule has 1 saturated heterocycles. The van der Waals surface area contributed by atoms with Gasteiger partial charge in [0.05, 0.1) is 19.8 Å². The van der Waals surface area contributed by atoms with Crippen LogP contribution < -0.4 is 11.2 Å². The van der Waals surface area contributed by atoms with Gasteiger partial charge in [-0.3, -0.25) is 14.3 Å². The van der Waals surface area contributed by atoms with Gasteiger partial charge in [0.2, 0.25) is 0 Å². The number of rotatable bonds is 8. The zero-order valence-corrected chi connectivity index (χ0v) is 22.6. The molecule has 0 bridgehead atoms. The van der Waals surface area contributed by atoms with Crippen molar-refractivity contribution in [3.05, 3.63) is 33.1 Å². The summed E-state index contributed by atoms with van der Waals surface area (Å²) in [7, 11) is -5.41. The normalized spacial score (nSPS) is 20.7. The maximum absolute atomic E-state index is 12.2. The van der Waals surface area contributed by atoms with Crippen LogP contribution in [0, 0.1) is 0 Å². The number of nitrogens with one attached hydrogen (secondary N) is 1. The number of hydrogen-bond donors (Lipinski definition) is 2. The van der Waals surface area contributed by atoms with Crippen molar-refractivity contribution in [3.63, 3.8) is 0 Å². The van der Waals surface area contributed by atoms with Gasteiger partial charge in [0.1, 0.15) is 6.10 Å². The summed E-state index contributed by atoms with van der Waals surface area (Å²) in [5, 5.41) is 9.92. The van der Waals surface area contributed by atoms with E-state index in [9.17, 15) is 14.7 Å². The highest BCUT2D eigenvalue weighted by Crippen LogP contribution is 2.45. The number of hydrogen-bond acceptors (Lipinski definition) is 7. The minimum Gasteiger partial charge on any atom is -0.414 e. The first-order chi connectivity index (χ1) is 14.9. The highest BCUT2D eigenvalue weighted by Gasteiger charge is 2.57. The highest BCUT2D eigenvalue weighted by atomic mass is 28.5. The van der Waals surface area contributed by atoms with Gasteiger partial charge in [0, 0.05) is 12.3 Å². The van der Waals surface area contributed by atoms with Gasteiger partial charge in [0.15, 0.2) is 6.23 Å². The molecule has 1 aromatic rings. The molecule has 0 spiro atoms. The average molecular weight is 489 g/mol. The Morgan fingerprint density at radius 1 is 1.00 bits per heavy atom. The van der Waals surface area contributed by atoms with Crippen molar-refractivity contribution in [2.24, 2.45) is 0 Å². The van der Waals surface area contributed by atoms with Crippen LogP contribution in [0.4, 0.5) is 0 Å². The van der Waals surface area contributed by atoms with Gasteiger partial charge in [-0.15, -0.1) is 0 Å². The lowest BCUT2D eigenvalue weighted by Gasteiger charge is -2.50. The fraction of sp³-hybridized carbons (Fsp3) is 0.810. The molecular formula is C21H40N2O7Si2. The maximum Gasteiger partial charge on any atom is 0.334 e. The third-order valence-electron chi connectivity index (χ3n) is 6.19. The molecule has 1 unspecified atom stereocenters. The quantitative estimate of drug-likeness (QED) is 0.541. The average Bonchev–Trinajstić information content (AvgIpc) is 2.68. The molecule has 2 heterocycles. The summed E-state index contributed by atoms with van der Waals surface area (Å²) < 4.78 is 27.6. The zero-order chi connectivity index (χ0) is 24.3. The Bertz CT molecular complexity index is 807. The van der Waals surface area contributed by atoms with Crippen LogP contribution in [0.5, 0.6) is 0 Å². The van der Waals surface area contributed by atoms with Gasteiger partial charge in [0.25, 0.3) is 5.56 Å². The van der Waals surface area contributed by atoms with E-state index in [4.69, 9.17) is 17.7 Å². The van der Waals surface area contributed by atoms with E-state index in [-0.39, 0.29) is 35.4 Å². The topological polar surface area (TPSA) is 112 Å². The molecule has 9 nitrogen and oxygen atoms in total. The summed E-state index contributed by atoms with van der Waals surface area (Å²) in [5.41, 5.74) is -0.357. The third-order valence-corrected chi connectivity index (χ3v) is 16.4. The van der Waals surface area contributed by atoms with Crippen molar-refractivity contribution in [1.29, 1.82) is 0 Å². The van der Waals surface area contributed by atoms with E-state index in [0.29, 0.717) is 0 Å². The maximum atomic E-state index is 12.2. The number of aliphatic hydroxyl groups is 1. The molecule has 184 valence electrons. The van der Waals surface area contributed by atoms with Gasteiger partial charge in [-0.2, -0.15) is 0 Å². The Labute approximate surface area is 192 Å². The summed E-state index contributed by atoms with van der Waals surface area (Å²) in [4.78, 5) is 25.8. The monoisotopic (exact) mass is 488 g/mol. The van der Waals surface area contributed by atoms with E-state index in [1.54, 1.807) is 0 Å². The highest BCUT2D eigenvalue weighted by molar-refractivity contribution is 6.83. The molecule has 0 aliphatic carbocycles. The minimum absolute atomic E-state index is 0.199. The van der Waals surface area contributed by atoms with Crippen molar-refractivity contribution in [2.45, 2.75) is 89.9 Å². The SMILES string of the molecule is CC(C)[Si]1(C(C)C)OCC(OC(CO)n2ccc(=O)[nH]c2=O)CO[Si](C(C)C)(C(C)C)O1. The second kappa shape index (κ2) is 10.9. The molecule has 2 N–H and O–H groups in total. The van der Waals surface area contributed by atoms with Gasteiger partial charge in [-0.25, -0.2) is 4.79 Å². The van der Waals surface area contributed by atoms with Crippen molar-refractivity contribution < 1.29 is 22.8 Å². The first-order valence-electron chi connectivity index (χ1n) is 11.4. The van der Waals surface area contributed by atoms with E-state index < -0.39 is 47.3 Å². The molecule has 11 heteroatoms. The number of H-pyrrole nitrogens is 1. The summed E-state index contributed by atoms with van der Waals surface area (Å²) >= 11 is 0. The summed E-state index contributed by atoms with van der Waals surface area (Å²) in [6.07, 6.45) is -0.165. The molecule has 32 heavy (non-hydrogen) atoms. The van der Waals surface area contributed by atoms with Gasteiger partial charge in [-0.05, 0) is 22.2 Å². The molecule has 0 amide bonds. The van der Waals surface area contributed by atoms with Crippen molar-refractivity contribution >= 4 is 17.1 Å². The van der Waals surface area contributed by atoms with Gasteiger partial charge in [-0.1, -0.05) is 55.4 Å². The molecule has 1 fully saturated rings. The third kappa shape index (κ3) is 5.52. The van der Waals surface area contributed by atoms with E-state index >= 15 is 0 Å². The van der Waals surface area contributed by atoms with Crippen LogP contribution in [-0.4, -0.2) is 57.7 Å². The second-order valence-corrected chi connectivity index (χ2v) is 18.6. The number of ether oxygens (including phenoxy) is 1. The lowest BCUT2D eigenvalue weighted by atomic mass is 10.4. The van der Waals surface area contributed by atoms with Gasteiger partial charge >= 0.3 is 22.8 Å². The van der Waals surface area contributed by atoms with Crippen LogP contribution in [-0.2, 0) is 17.7 Å². The molecular weight excluding hydrogens is 448 g/mol. The van der Waals surface area contributed by atoms with E-state index in [1.165, 1.54) is 16.8 Å². The molecule has 2 rings (SSSR count). The number of aliphatic hydroxyl groups excluding tert-OH is 1. The van der Waals surface area contributed by atoms with Crippen LogP contribution in [0.1, 0.15) is 61.6 Å². The van der Waals surface area contributed by atoms with Crippen molar-refractivity contribution in [2.75, 3.05) is 19.8 Å². The van der Waals surface area contributed by atoms with Crippen LogP contribution >= 0.6 is 0 Å². The predicted octanol–water partition coefficient (Wildman–Crippen LogP) is 3.00. The lowest BCUT2D eigenvalue weighted by molar-refractivity contribution is -0.118. The smallest absolute Gasteiger partial charge is 0.334 e. The largest absolute Gasteiger partial charge is 0.414 e. The molecule has 0 radical (unpaired) electrons. The molecule has 1 aromatic heterocycles. The standard InChI is InChI=1S/C21H40N2O7Si2/c1-14(2)31(15(3)4)27-12-18(13-28-32(30-31,16(5)6)17(7)8)29-20(11-24)23-10-9-19(25)22-21(23)26/h9-10,14-18,20,24H,11-13H2,1-8H3,(H,22,25,26). The molecule has 0 aromatic carbocycles. The summed E-state index contributed by atoms with van der Waals surface area (Å²) in [6, 6.07) is 1.22. The van der Waals surface area contributed by atoms with Crippen molar-refractivity contribution in [3.8, 4) is 0 Å². The minimum atomic E-state index is -2.70. The van der Waals surface area contributed by atoms with E-state index in [2.05, 4.69) is 60.4 Å². The van der Waals surface area contributed by atoms with E-state index in [1.807, 2.05) is 0 Å². The Balaban J connectivity index is 2.42. The summed E-state index contributed by atoms with van der Waals surface area (Å²) in [6.45, 7) is 17.1. The number of nitrogens with zero attached hydrogens (tertiary/aromatic N) is 1. The fourth-order valence-corrected chi connectivity index (χ4v) is 15.6. The Hall–Kier alpha value is -1.09. The van der Waals surface area contributed by atoms with Crippen LogP contribution in [0.2, 0.25) is 22.2 Å².